The molecule has 1 atom stereocenters. The number of nitrogens with one attached hydrogen (secondary N) is 1. The van der Waals surface area contributed by atoms with Crippen LogP contribution in [0.3, 0.4) is 0 Å². The van der Waals surface area contributed by atoms with E-state index >= 15 is 0 Å². The fourth-order valence-corrected chi connectivity index (χ4v) is 6.12. The van der Waals surface area contributed by atoms with E-state index in [1.54, 1.807) is 17.6 Å². The molecule has 2 aromatic rings. The standard InChI is InChI=1S/C12H12ClN3O3S3/c13-9-3-4-10(21-9)22(18,19)16-6-1-2-8(16)11(17)15-12-14-5-7-20-12/h3-5,7-8H,1-2,6H2,(H,14,15,17). The van der Waals surface area contributed by atoms with Gasteiger partial charge < -0.3 is 5.32 Å². The summed E-state index contributed by atoms with van der Waals surface area (Å²) in [6.07, 6.45) is 2.72. The minimum absolute atomic E-state index is 0.159. The monoisotopic (exact) mass is 377 g/mol. The molecule has 118 valence electrons. The minimum atomic E-state index is -3.70. The van der Waals surface area contributed by atoms with Gasteiger partial charge in [0, 0.05) is 18.1 Å². The lowest BCUT2D eigenvalue weighted by molar-refractivity contribution is -0.119. The normalized spacial score (nSPS) is 19.4. The second-order valence-electron chi connectivity index (χ2n) is 4.66. The van der Waals surface area contributed by atoms with Gasteiger partial charge in [-0.2, -0.15) is 4.31 Å². The summed E-state index contributed by atoms with van der Waals surface area (Å²) in [6, 6.07) is 2.30. The zero-order valence-corrected chi connectivity index (χ0v) is 14.4. The van der Waals surface area contributed by atoms with E-state index in [1.807, 2.05) is 0 Å². The third kappa shape index (κ3) is 3.04. The second kappa shape index (κ2) is 6.25. The van der Waals surface area contributed by atoms with E-state index in [-0.39, 0.29) is 10.1 Å². The first kappa shape index (κ1) is 15.9. The molecule has 1 aliphatic heterocycles. The molecule has 0 aliphatic carbocycles. The maximum atomic E-state index is 12.6. The number of carbonyl (C=O) groups is 1. The summed E-state index contributed by atoms with van der Waals surface area (Å²) in [5, 5.41) is 4.87. The largest absolute Gasteiger partial charge is 0.301 e. The maximum absolute atomic E-state index is 12.6. The molecule has 0 aromatic carbocycles. The van der Waals surface area contributed by atoms with Crippen molar-refractivity contribution in [3.63, 3.8) is 0 Å². The Morgan fingerprint density at radius 3 is 2.91 bits per heavy atom. The molecule has 1 aliphatic rings. The Morgan fingerprint density at radius 2 is 2.27 bits per heavy atom. The van der Waals surface area contributed by atoms with Crippen molar-refractivity contribution in [2.24, 2.45) is 0 Å². The Bertz CT molecular complexity index is 773. The van der Waals surface area contributed by atoms with Gasteiger partial charge in [-0.1, -0.05) is 11.6 Å². The smallest absolute Gasteiger partial charge is 0.253 e. The highest BCUT2D eigenvalue weighted by Gasteiger charge is 2.40. The summed E-state index contributed by atoms with van der Waals surface area (Å²) in [5.74, 6) is -0.348. The fourth-order valence-electron chi connectivity index (χ4n) is 2.32. The molecule has 0 bridgehead atoms. The summed E-state index contributed by atoms with van der Waals surface area (Å²) in [5.41, 5.74) is 0. The predicted octanol–water partition coefficient (Wildman–Crippen LogP) is 2.65. The number of aromatic nitrogens is 1. The molecule has 3 rings (SSSR count). The first-order valence-corrected chi connectivity index (χ1v) is 9.97. The van der Waals surface area contributed by atoms with E-state index in [2.05, 4.69) is 10.3 Å². The number of thiophene rings is 1. The highest BCUT2D eigenvalue weighted by atomic mass is 35.5. The van der Waals surface area contributed by atoms with Gasteiger partial charge in [-0.05, 0) is 25.0 Å². The van der Waals surface area contributed by atoms with E-state index in [1.165, 1.54) is 21.7 Å². The van der Waals surface area contributed by atoms with E-state index in [0.29, 0.717) is 28.9 Å². The Hall–Kier alpha value is -1.000. The average molecular weight is 378 g/mol. The maximum Gasteiger partial charge on any atom is 0.253 e. The summed E-state index contributed by atoms with van der Waals surface area (Å²) < 4.78 is 27.1. The van der Waals surface area contributed by atoms with Crippen LogP contribution in [0.15, 0.2) is 27.9 Å². The van der Waals surface area contributed by atoms with Crippen LogP contribution in [0, 0.1) is 0 Å². The van der Waals surface area contributed by atoms with Crippen LogP contribution < -0.4 is 5.32 Å². The van der Waals surface area contributed by atoms with Gasteiger partial charge in [-0.25, -0.2) is 13.4 Å². The molecule has 3 heterocycles. The zero-order valence-electron chi connectivity index (χ0n) is 11.2. The average Bonchev–Trinajstić information content (AvgIpc) is 3.18. The van der Waals surface area contributed by atoms with E-state index in [0.717, 1.165) is 11.3 Å². The minimum Gasteiger partial charge on any atom is -0.301 e. The quantitative estimate of drug-likeness (QED) is 0.888. The molecule has 1 fully saturated rings. The van der Waals surface area contributed by atoms with Crippen molar-refractivity contribution in [1.29, 1.82) is 0 Å². The molecular weight excluding hydrogens is 366 g/mol. The molecule has 6 nitrogen and oxygen atoms in total. The van der Waals surface area contributed by atoms with Crippen molar-refractivity contribution in [2.75, 3.05) is 11.9 Å². The van der Waals surface area contributed by atoms with E-state index in [9.17, 15) is 13.2 Å². The van der Waals surface area contributed by atoms with Crippen molar-refractivity contribution in [1.82, 2.24) is 9.29 Å². The van der Waals surface area contributed by atoms with Crippen LogP contribution in [-0.2, 0) is 14.8 Å². The molecule has 0 radical (unpaired) electrons. The summed E-state index contributed by atoms with van der Waals surface area (Å²) in [6.45, 7) is 0.327. The number of hydrogen-bond acceptors (Lipinski definition) is 6. The number of carbonyl (C=O) groups excluding carboxylic acids is 1. The molecule has 1 unspecified atom stereocenters. The van der Waals surface area contributed by atoms with Crippen LogP contribution in [0.1, 0.15) is 12.8 Å². The van der Waals surface area contributed by atoms with Crippen LogP contribution in [0.4, 0.5) is 5.13 Å². The molecule has 0 saturated carbocycles. The number of anilines is 1. The molecule has 10 heteroatoms. The van der Waals surface area contributed by atoms with Gasteiger partial charge in [0.2, 0.25) is 5.91 Å². The highest BCUT2D eigenvalue weighted by molar-refractivity contribution is 7.91. The first-order chi connectivity index (χ1) is 10.5. The van der Waals surface area contributed by atoms with E-state index in [4.69, 9.17) is 11.6 Å². The summed E-state index contributed by atoms with van der Waals surface area (Å²) in [4.78, 5) is 16.3. The molecule has 1 N–H and O–H groups in total. The van der Waals surface area contributed by atoms with Crippen molar-refractivity contribution in [3.8, 4) is 0 Å². The topological polar surface area (TPSA) is 79.4 Å². The number of hydrogen-bond donors (Lipinski definition) is 1. The number of halogens is 1. The van der Waals surface area contributed by atoms with Crippen molar-refractivity contribution < 1.29 is 13.2 Å². The lowest BCUT2D eigenvalue weighted by Gasteiger charge is -2.22. The van der Waals surface area contributed by atoms with Crippen LogP contribution in [0.5, 0.6) is 0 Å². The Kier molecular flexibility index (Phi) is 4.51. The van der Waals surface area contributed by atoms with Gasteiger partial charge in [0.1, 0.15) is 10.3 Å². The van der Waals surface area contributed by atoms with E-state index < -0.39 is 16.1 Å². The third-order valence-electron chi connectivity index (χ3n) is 3.28. The number of sulfonamides is 1. The Morgan fingerprint density at radius 1 is 1.45 bits per heavy atom. The Labute approximate surface area is 140 Å². The van der Waals surface area contributed by atoms with Gasteiger partial charge in [-0.15, -0.1) is 22.7 Å². The summed E-state index contributed by atoms with van der Waals surface area (Å²) in [7, 11) is -3.70. The second-order valence-corrected chi connectivity index (χ2v) is 9.39. The number of rotatable bonds is 4. The van der Waals surface area contributed by atoms with Gasteiger partial charge >= 0.3 is 0 Å². The third-order valence-corrected chi connectivity index (χ3v) is 7.58. The van der Waals surface area contributed by atoms with Gasteiger partial charge in [0.15, 0.2) is 5.13 Å². The molecule has 1 saturated heterocycles. The molecule has 22 heavy (non-hydrogen) atoms. The molecule has 2 aromatic heterocycles. The highest BCUT2D eigenvalue weighted by Crippen LogP contribution is 2.32. The van der Waals surface area contributed by atoms with Gasteiger partial charge in [0.25, 0.3) is 10.0 Å². The Balaban J connectivity index is 1.82. The van der Waals surface area contributed by atoms with Gasteiger partial charge in [-0.3, -0.25) is 4.79 Å². The molecule has 0 spiro atoms. The van der Waals surface area contributed by atoms with Crippen molar-refractivity contribution in [3.05, 3.63) is 28.0 Å². The first-order valence-electron chi connectivity index (χ1n) is 6.46. The molecule has 1 amide bonds. The van der Waals surface area contributed by atoms with Crippen LogP contribution in [-0.4, -0.2) is 36.2 Å². The lowest BCUT2D eigenvalue weighted by atomic mass is 10.2. The van der Waals surface area contributed by atoms with Crippen molar-refractivity contribution >= 4 is 55.3 Å². The van der Waals surface area contributed by atoms with Crippen LogP contribution >= 0.6 is 34.3 Å². The number of thiazole rings is 1. The summed E-state index contributed by atoms with van der Waals surface area (Å²) >= 11 is 8.10. The number of amides is 1. The SMILES string of the molecule is O=C(Nc1nccs1)C1CCCN1S(=O)(=O)c1ccc(Cl)s1. The van der Waals surface area contributed by atoms with Crippen molar-refractivity contribution in [2.45, 2.75) is 23.1 Å². The molecular formula is C12H12ClN3O3S3. The predicted molar refractivity (Wildman–Crippen MR) is 87.0 cm³/mol. The van der Waals surface area contributed by atoms with Gasteiger partial charge in [0.05, 0.1) is 4.34 Å². The lowest BCUT2D eigenvalue weighted by Crippen LogP contribution is -2.42. The zero-order chi connectivity index (χ0) is 15.7. The van der Waals surface area contributed by atoms with Crippen LogP contribution in [0.2, 0.25) is 4.34 Å². The fraction of sp³-hybridized carbons (Fsp3) is 0.333. The number of nitrogens with zero attached hydrogens (tertiary/aromatic N) is 2. The van der Waals surface area contributed by atoms with Crippen LogP contribution in [0.25, 0.3) is 0 Å².